The Bertz CT molecular complexity index is 112. The first-order valence-corrected chi connectivity index (χ1v) is 6.11. The predicted molar refractivity (Wildman–Crippen MR) is 61.3 cm³/mol. The molecule has 0 unspecified atom stereocenters. The van der Waals surface area contributed by atoms with Crippen molar-refractivity contribution < 1.29 is 21.5 Å². The Kier molecular flexibility index (Phi) is 12.6. The van der Waals surface area contributed by atoms with Gasteiger partial charge in [-0.25, -0.2) is 0 Å². The van der Waals surface area contributed by atoms with E-state index < -0.39 is 0 Å². The quantitative estimate of drug-likeness (QED) is 0.444. The minimum atomic E-state index is 0. The Hall–Kier alpha value is 0.730. The third kappa shape index (κ3) is 8.07. The van der Waals surface area contributed by atoms with Gasteiger partial charge >= 0.3 is 0 Å². The summed E-state index contributed by atoms with van der Waals surface area (Å²) in [6, 6.07) is 0. The summed E-state index contributed by atoms with van der Waals surface area (Å²) in [5.74, 6) is 0.796. The molecule has 0 saturated carbocycles. The summed E-state index contributed by atoms with van der Waals surface area (Å²) < 4.78 is 1.17. The predicted octanol–water partition coefficient (Wildman–Crippen LogP) is 0.276. The van der Waals surface area contributed by atoms with Gasteiger partial charge in [0.1, 0.15) is 0 Å². The second-order valence-electron chi connectivity index (χ2n) is 4.19. The first kappa shape index (κ1) is 17.1. The summed E-state index contributed by atoms with van der Waals surface area (Å²) in [7, 11) is 2.34. The lowest BCUT2D eigenvalue weighted by molar-refractivity contribution is -0.907. The maximum Gasteiger partial charge on any atom is 0.0922 e. The third-order valence-corrected chi connectivity index (χ3v) is 2.90. The van der Waals surface area contributed by atoms with E-state index in [2.05, 4.69) is 20.9 Å². The summed E-state index contributed by atoms with van der Waals surface area (Å²) in [6.07, 6.45) is 5.25. The zero-order valence-corrected chi connectivity index (χ0v) is 12.2. The van der Waals surface area contributed by atoms with Crippen molar-refractivity contribution in [1.29, 1.82) is 0 Å². The van der Waals surface area contributed by atoms with Crippen molar-refractivity contribution >= 4 is 11.6 Å². The average molecular weight is 287 g/mol. The van der Waals surface area contributed by atoms with E-state index in [4.69, 9.17) is 11.6 Å². The maximum absolute atomic E-state index is 5.83. The molecule has 0 aliphatic rings. The number of hydrogen-bond acceptors (Lipinski definition) is 0. The van der Waals surface area contributed by atoms with Crippen molar-refractivity contribution in [3.63, 3.8) is 0 Å². The van der Waals surface area contributed by atoms with Gasteiger partial charge in [-0.2, -0.15) is 0 Å². The summed E-state index contributed by atoms with van der Waals surface area (Å²) in [6.45, 7) is 8.23. The zero-order chi connectivity index (χ0) is 10.2. The van der Waals surface area contributed by atoms with E-state index in [0.717, 1.165) is 12.4 Å². The molecule has 0 N–H and O–H groups in total. The molecule has 0 atom stereocenters. The van der Waals surface area contributed by atoms with Gasteiger partial charge in [-0.15, -0.1) is 11.6 Å². The van der Waals surface area contributed by atoms with Crippen molar-refractivity contribution in [2.24, 2.45) is 0 Å². The van der Waals surface area contributed by atoms with Crippen molar-refractivity contribution in [1.82, 2.24) is 0 Å². The van der Waals surface area contributed by atoms with Crippen LogP contribution in [0.2, 0.25) is 0 Å². The molecule has 0 rings (SSSR count). The van der Waals surface area contributed by atoms with Gasteiger partial charge in [0.15, 0.2) is 0 Å². The smallest absolute Gasteiger partial charge is 0.0922 e. The fraction of sp³-hybridized carbons (Fsp3) is 1.00. The third-order valence-electron chi connectivity index (χ3n) is 2.73. The highest BCUT2D eigenvalue weighted by molar-refractivity contribution is 6.17. The van der Waals surface area contributed by atoms with Crippen LogP contribution in [0.5, 0.6) is 0 Å². The molecule has 0 aromatic heterocycles. The SMILES string of the molecule is CCCC[N+](C)(CCCl)CCCC.[Br-]. The van der Waals surface area contributed by atoms with Crippen LogP contribution in [0.4, 0.5) is 0 Å². The van der Waals surface area contributed by atoms with Crippen molar-refractivity contribution in [2.45, 2.75) is 39.5 Å². The van der Waals surface area contributed by atoms with Crippen LogP contribution in [0.25, 0.3) is 0 Å². The van der Waals surface area contributed by atoms with Gasteiger partial charge in [-0.3, -0.25) is 0 Å². The molecule has 3 heteroatoms. The topological polar surface area (TPSA) is 0 Å². The molecule has 0 amide bonds. The van der Waals surface area contributed by atoms with E-state index in [1.807, 2.05) is 0 Å². The molecular formula is C11H25BrClN. The number of alkyl halides is 1. The van der Waals surface area contributed by atoms with Crippen LogP contribution in [0.15, 0.2) is 0 Å². The maximum atomic E-state index is 5.83. The number of nitrogens with zero attached hydrogens (tertiary/aromatic N) is 1. The number of rotatable bonds is 8. The molecule has 0 aromatic rings. The summed E-state index contributed by atoms with van der Waals surface area (Å²) >= 11 is 5.83. The molecule has 0 bridgehead atoms. The first-order chi connectivity index (χ1) is 6.18. The minimum Gasteiger partial charge on any atom is -1.00 e. The lowest BCUT2D eigenvalue weighted by atomic mass is 10.2. The number of hydrogen-bond donors (Lipinski definition) is 0. The molecule has 14 heavy (non-hydrogen) atoms. The molecule has 0 fully saturated rings. The van der Waals surface area contributed by atoms with E-state index >= 15 is 0 Å². The minimum absolute atomic E-state index is 0. The average Bonchev–Trinajstić information content (AvgIpc) is 2.12. The molecule has 0 aromatic carbocycles. The van der Waals surface area contributed by atoms with Gasteiger partial charge in [-0.1, -0.05) is 26.7 Å². The second-order valence-corrected chi connectivity index (χ2v) is 4.56. The summed E-state index contributed by atoms with van der Waals surface area (Å²) in [5.41, 5.74) is 0. The molecule has 0 saturated heterocycles. The van der Waals surface area contributed by atoms with Gasteiger partial charge in [-0.05, 0) is 12.8 Å². The van der Waals surface area contributed by atoms with Crippen molar-refractivity contribution in [3.8, 4) is 0 Å². The van der Waals surface area contributed by atoms with Gasteiger partial charge in [0, 0.05) is 0 Å². The molecule has 0 radical (unpaired) electrons. The standard InChI is InChI=1S/C11H25ClN.BrH/c1-4-6-9-13(3,11-8-12)10-7-5-2;/h4-11H2,1-3H3;1H/q+1;/p-1. The van der Waals surface area contributed by atoms with E-state index in [-0.39, 0.29) is 17.0 Å². The van der Waals surface area contributed by atoms with Crippen molar-refractivity contribution in [3.05, 3.63) is 0 Å². The lowest BCUT2D eigenvalue weighted by Gasteiger charge is -2.34. The van der Waals surface area contributed by atoms with Crippen LogP contribution < -0.4 is 17.0 Å². The second kappa shape index (κ2) is 10.3. The highest BCUT2D eigenvalue weighted by atomic mass is 79.9. The highest BCUT2D eigenvalue weighted by Crippen LogP contribution is 2.08. The summed E-state index contributed by atoms with van der Waals surface area (Å²) in [4.78, 5) is 0. The number of unbranched alkanes of at least 4 members (excludes halogenated alkanes) is 2. The molecule has 0 aliphatic carbocycles. The molecule has 0 spiro atoms. The molecule has 0 heterocycles. The monoisotopic (exact) mass is 285 g/mol. The zero-order valence-electron chi connectivity index (χ0n) is 9.86. The Morgan fingerprint density at radius 3 is 1.64 bits per heavy atom. The van der Waals surface area contributed by atoms with Gasteiger partial charge in [0.05, 0.1) is 32.6 Å². The largest absolute Gasteiger partial charge is 1.00 e. The Labute approximate surface area is 105 Å². The Morgan fingerprint density at radius 1 is 0.929 bits per heavy atom. The first-order valence-electron chi connectivity index (χ1n) is 5.58. The van der Waals surface area contributed by atoms with E-state index in [1.165, 1.54) is 43.3 Å². The fourth-order valence-corrected chi connectivity index (χ4v) is 2.03. The number of quaternary nitrogens is 1. The van der Waals surface area contributed by atoms with Gasteiger partial charge < -0.3 is 21.5 Å². The molecule has 0 aliphatic heterocycles. The van der Waals surface area contributed by atoms with E-state index in [1.54, 1.807) is 0 Å². The van der Waals surface area contributed by atoms with Crippen LogP contribution in [-0.2, 0) is 0 Å². The fourth-order valence-electron chi connectivity index (χ4n) is 1.62. The van der Waals surface area contributed by atoms with Crippen LogP contribution in [0, 0.1) is 0 Å². The molecular weight excluding hydrogens is 261 g/mol. The van der Waals surface area contributed by atoms with Gasteiger partial charge in [0.2, 0.25) is 0 Å². The number of halogens is 2. The van der Waals surface area contributed by atoms with E-state index in [9.17, 15) is 0 Å². The Morgan fingerprint density at radius 2 is 1.36 bits per heavy atom. The highest BCUT2D eigenvalue weighted by Gasteiger charge is 2.18. The molecule has 88 valence electrons. The lowest BCUT2D eigenvalue weighted by Crippen LogP contribution is -3.00. The van der Waals surface area contributed by atoms with E-state index in [0.29, 0.717) is 0 Å². The van der Waals surface area contributed by atoms with Crippen LogP contribution in [-0.4, -0.2) is 37.0 Å². The van der Waals surface area contributed by atoms with Crippen molar-refractivity contribution in [2.75, 3.05) is 32.6 Å². The van der Waals surface area contributed by atoms with Crippen LogP contribution in [0.1, 0.15) is 39.5 Å². The van der Waals surface area contributed by atoms with Gasteiger partial charge in [0.25, 0.3) is 0 Å². The molecule has 1 nitrogen and oxygen atoms in total. The summed E-state index contributed by atoms with van der Waals surface area (Å²) in [5, 5.41) is 0. The Balaban J connectivity index is 0. The van der Waals surface area contributed by atoms with Crippen LogP contribution in [0.3, 0.4) is 0 Å². The normalized spacial score (nSPS) is 11.1. The van der Waals surface area contributed by atoms with Crippen LogP contribution >= 0.6 is 11.6 Å².